The summed E-state index contributed by atoms with van der Waals surface area (Å²) in [5.41, 5.74) is 4.06. The number of amides is 1. The summed E-state index contributed by atoms with van der Waals surface area (Å²) in [6, 6.07) is 11.4. The third-order valence-corrected chi connectivity index (χ3v) is 5.72. The molecule has 2 aromatic rings. The van der Waals surface area contributed by atoms with Crippen LogP contribution in [0.3, 0.4) is 0 Å². The Morgan fingerprint density at radius 1 is 1.12 bits per heavy atom. The van der Waals surface area contributed by atoms with Gasteiger partial charge in [-0.3, -0.25) is 14.4 Å². The predicted molar refractivity (Wildman–Crippen MR) is 97.4 cm³/mol. The summed E-state index contributed by atoms with van der Waals surface area (Å²) in [6.07, 6.45) is 5.31. The maximum absolute atomic E-state index is 12.5. The lowest BCUT2D eigenvalue weighted by Gasteiger charge is -2.41. The Morgan fingerprint density at radius 3 is 2.60 bits per heavy atom. The van der Waals surface area contributed by atoms with E-state index in [2.05, 4.69) is 34.3 Å². The number of hydrogen-bond acceptors (Lipinski definition) is 3. The van der Waals surface area contributed by atoms with Crippen LogP contribution in [0.4, 0.5) is 0 Å². The van der Waals surface area contributed by atoms with E-state index < -0.39 is 0 Å². The zero-order chi connectivity index (χ0) is 17.2. The van der Waals surface area contributed by atoms with E-state index in [1.165, 1.54) is 24.0 Å². The van der Waals surface area contributed by atoms with E-state index in [9.17, 15) is 4.79 Å². The molecule has 25 heavy (non-hydrogen) atoms. The molecule has 1 fully saturated rings. The lowest BCUT2D eigenvalue weighted by atomic mass is 9.87. The fourth-order valence-electron chi connectivity index (χ4n) is 4.12. The standard InChI is InChI=1S/C20H26N4O/c1-16-8-9-21-24(16)15-20(25)23-12-10-22(11-13-23)19-7-6-17-4-2-3-5-18(17)14-19/h2-5,8-9,19H,6-7,10-15H2,1H3/t19-/m1/s1. The molecule has 1 aromatic heterocycles. The second-order valence-corrected chi connectivity index (χ2v) is 7.21. The van der Waals surface area contributed by atoms with Crippen molar-refractivity contribution in [2.45, 2.75) is 38.8 Å². The Labute approximate surface area is 149 Å². The fourth-order valence-corrected chi connectivity index (χ4v) is 4.12. The van der Waals surface area contributed by atoms with Gasteiger partial charge in [-0.1, -0.05) is 24.3 Å². The molecule has 5 nitrogen and oxygen atoms in total. The third kappa shape index (κ3) is 3.47. The number of rotatable bonds is 3. The van der Waals surface area contributed by atoms with Crippen molar-refractivity contribution in [3.8, 4) is 0 Å². The molecule has 1 aromatic carbocycles. The van der Waals surface area contributed by atoms with Crippen LogP contribution in [-0.4, -0.2) is 57.7 Å². The molecule has 1 amide bonds. The minimum absolute atomic E-state index is 0.181. The van der Waals surface area contributed by atoms with Gasteiger partial charge in [-0.25, -0.2) is 0 Å². The molecule has 0 bridgehead atoms. The minimum atomic E-state index is 0.181. The molecule has 1 aliphatic heterocycles. The molecule has 5 heteroatoms. The minimum Gasteiger partial charge on any atom is -0.339 e. The number of aromatic nitrogens is 2. The second-order valence-electron chi connectivity index (χ2n) is 7.21. The topological polar surface area (TPSA) is 41.4 Å². The van der Waals surface area contributed by atoms with Gasteiger partial charge in [-0.15, -0.1) is 0 Å². The van der Waals surface area contributed by atoms with E-state index in [1.54, 1.807) is 10.9 Å². The van der Waals surface area contributed by atoms with Crippen LogP contribution in [0.15, 0.2) is 36.5 Å². The highest BCUT2D eigenvalue weighted by Crippen LogP contribution is 2.25. The fraction of sp³-hybridized carbons (Fsp3) is 0.500. The van der Waals surface area contributed by atoms with E-state index in [1.807, 2.05) is 17.9 Å². The van der Waals surface area contributed by atoms with Crippen molar-refractivity contribution in [3.05, 3.63) is 53.3 Å². The van der Waals surface area contributed by atoms with Crippen molar-refractivity contribution in [3.63, 3.8) is 0 Å². The van der Waals surface area contributed by atoms with Crippen LogP contribution in [0.2, 0.25) is 0 Å². The smallest absolute Gasteiger partial charge is 0.244 e. The molecule has 0 radical (unpaired) electrons. The number of hydrogen-bond donors (Lipinski definition) is 0. The monoisotopic (exact) mass is 338 g/mol. The van der Waals surface area contributed by atoms with Crippen molar-refractivity contribution < 1.29 is 4.79 Å². The number of benzene rings is 1. The van der Waals surface area contributed by atoms with E-state index in [-0.39, 0.29) is 5.91 Å². The molecule has 132 valence electrons. The third-order valence-electron chi connectivity index (χ3n) is 5.72. The normalized spacial score (nSPS) is 21.2. The quantitative estimate of drug-likeness (QED) is 0.858. The number of aryl methyl sites for hydroxylation is 2. The largest absolute Gasteiger partial charge is 0.339 e. The molecule has 4 rings (SSSR count). The molecular weight excluding hydrogens is 312 g/mol. The average Bonchev–Trinajstić information content (AvgIpc) is 3.06. The molecule has 1 saturated heterocycles. The van der Waals surface area contributed by atoms with Crippen molar-refractivity contribution >= 4 is 5.91 Å². The van der Waals surface area contributed by atoms with Crippen LogP contribution in [-0.2, 0) is 24.2 Å². The first kappa shape index (κ1) is 16.3. The van der Waals surface area contributed by atoms with Crippen LogP contribution in [0.5, 0.6) is 0 Å². The number of carbonyl (C=O) groups is 1. The van der Waals surface area contributed by atoms with Crippen LogP contribution >= 0.6 is 0 Å². The Kier molecular flexibility index (Phi) is 4.57. The lowest BCUT2D eigenvalue weighted by molar-refractivity contribution is -0.134. The van der Waals surface area contributed by atoms with Gasteiger partial charge in [0.2, 0.25) is 5.91 Å². The maximum Gasteiger partial charge on any atom is 0.244 e. The summed E-state index contributed by atoms with van der Waals surface area (Å²) in [7, 11) is 0. The van der Waals surface area contributed by atoms with Crippen LogP contribution < -0.4 is 0 Å². The Bertz CT molecular complexity index is 746. The summed E-state index contributed by atoms with van der Waals surface area (Å²) < 4.78 is 1.78. The summed E-state index contributed by atoms with van der Waals surface area (Å²) in [4.78, 5) is 17.1. The summed E-state index contributed by atoms with van der Waals surface area (Å²) in [5, 5.41) is 4.22. The van der Waals surface area contributed by atoms with E-state index >= 15 is 0 Å². The maximum atomic E-state index is 12.5. The molecule has 2 heterocycles. The van der Waals surface area contributed by atoms with Crippen molar-refractivity contribution in [2.75, 3.05) is 26.2 Å². The summed E-state index contributed by atoms with van der Waals surface area (Å²) in [6.45, 7) is 5.97. The van der Waals surface area contributed by atoms with Gasteiger partial charge in [0.15, 0.2) is 0 Å². The Morgan fingerprint density at radius 2 is 1.88 bits per heavy atom. The summed E-state index contributed by atoms with van der Waals surface area (Å²) in [5.74, 6) is 0.181. The second kappa shape index (κ2) is 7.00. The van der Waals surface area contributed by atoms with Gasteiger partial charge in [0.1, 0.15) is 6.54 Å². The van der Waals surface area contributed by atoms with Gasteiger partial charge >= 0.3 is 0 Å². The highest BCUT2D eigenvalue weighted by Gasteiger charge is 2.28. The Hall–Kier alpha value is -2.14. The zero-order valence-corrected chi connectivity index (χ0v) is 14.9. The molecule has 0 saturated carbocycles. The van der Waals surface area contributed by atoms with E-state index in [0.29, 0.717) is 12.6 Å². The SMILES string of the molecule is Cc1ccnn1CC(=O)N1CCN([C@@H]2CCc3ccccc3C2)CC1. The zero-order valence-electron chi connectivity index (χ0n) is 14.9. The van der Waals surface area contributed by atoms with E-state index in [0.717, 1.165) is 38.3 Å². The number of fused-ring (bicyclic) bond motifs is 1. The van der Waals surface area contributed by atoms with Crippen molar-refractivity contribution in [2.24, 2.45) is 0 Å². The first-order valence-corrected chi connectivity index (χ1v) is 9.28. The van der Waals surface area contributed by atoms with Crippen molar-refractivity contribution in [1.82, 2.24) is 19.6 Å². The molecule has 0 N–H and O–H groups in total. The molecule has 0 spiro atoms. The van der Waals surface area contributed by atoms with Crippen molar-refractivity contribution in [1.29, 1.82) is 0 Å². The van der Waals surface area contributed by atoms with Gasteiger partial charge in [0.25, 0.3) is 0 Å². The first-order valence-electron chi connectivity index (χ1n) is 9.28. The number of carbonyl (C=O) groups excluding carboxylic acids is 1. The van der Waals surface area contributed by atoms with Crippen LogP contribution in [0.1, 0.15) is 23.2 Å². The molecule has 1 aliphatic carbocycles. The molecule has 0 unspecified atom stereocenters. The average molecular weight is 338 g/mol. The van der Waals surface area contributed by atoms with Gasteiger partial charge in [0.05, 0.1) is 0 Å². The molecule has 2 aliphatic rings. The lowest BCUT2D eigenvalue weighted by Crippen LogP contribution is -2.53. The molecule has 1 atom stereocenters. The predicted octanol–water partition coefficient (Wildman–Crippen LogP) is 1.89. The van der Waals surface area contributed by atoms with Gasteiger partial charge < -0.3 is 4.90 Å². The number of nitrogens with zero attached hydrogens (tertiary/aromatic N) is 4. The van der Waals surface area contributed by atoms with Crippen LogP contribution in [0, 0.1) is 6.92 Å². The summed E-state index contributed by atoms with van der Waals surface area (Å²) >= 11 is 0. The van der Waals surface area contributed by atoms with Gasteiger partial charge in [0, 0.05) is 44.1 Å². The number of piperazine rings is 1. The van der Waals surface area contributed by atoms with Gasteiger partial charge in [-0.2, -0.15) is 5.10 Å². The molecular formula is C20H26N4O. The highest BCUT2D eigenvalue weighted by molar-refractivity contribution is 5.76. The van der Waals surface area contributed by atoms with Crippen LogP contribution in [0.25, 0.3) is 0 Å². The Balaban J connectivity index is 1.31. The van der Waals surface area contributed by atoms with Gasteiger partial charge in [-0.05, 0) is 43.4 Å². The first-order chi connectivity index (χ1) is 12.2. The van der Waals surface area contributed by atoms with E-state index in [4.69, 9.17) is 0 Å². The highest BCUT2D eigenvalue weighted by atomic mass is 16.2.